The lowest BCUT2D eigenvalue weighted by Crippen LogP contribution is -2.19. The quantitative estimate of drug-likeness (QED) is 0.877. The third-order valence-corrected chi connectivity index (χ3v) is 4.65. The molecule has 1 saturated carbocycles. The summed E-state index contributed by atoms with van der Waals surface area (Å²) in [5.74, 6) is 2.72. The van der Waals surface area contributed by atoms with Gasteiger partial charge in [-0.3, -0.25) is 0 Å². The minimum absolute atomic E-state index is 0.556. The molecule has 5 heteroatoms. The largest absolute Gasteiger partial charge is 0.373 e. The van der Waals surface area contributed by atoms with Gasteiger partial charge in [-0.1, -0.05) is 0 Å². The smallest absolute Gasteiger partial charge is 0.134 e. The molecule has 0 amide bonds. The van der Waals surface area contributed by atoms with E-state index in [0.29, 0.717) is 6.04 Å². The van der Waals surface area contributed by atoms with E-state index in [9.17, 15) is 0 Å². The van der Waals surface area contributed by atoms with E-state index in [-0.39, 0.29) is 0 Å². The maximum atomic E-state index is 4.53. The van der Waals surface area contributed by atoms with Gasteiger partial charge in [0.05, 0.1) is 0 Å². The second kappa shape index (κ2) is 5.78. The second-order valence-corrected chi connectivity index (χ2v) is 5.99. The Kier molecular flexibility index (Phi) is 4.32. The van der Waals surface area contributed by atoms with Gasteiger partial charge >= 0.3 is 0 Å². The van der Waals surface area contributed by atoms with Crippen LogP contribution in [0.5, 0.6) is 0 Å². The van der Waals surface area contributed by atoms with Crippen LogP contribution < -0.4 is 10.6 Å². The van der Waals surface area contributed by atoms with Crippen LogP contribution in [0.15, 0.2) is 0 Å². The fourth-order valence-electron chi connectivity index (χ4n) is 2.49. The van der Waals surface area contributed by atoms with E-state index in [4.69, 9.17) is 0 Å². The van der Waals surface area contributed by atoms with E-state index in [1.54, 1.807) is 0 Å². The molecule has 1 aromatic heterocycles. The highest BCUT2D eigenvalue weighted by molar-refractivity contribution is 7.99. The number of thioether (sulfide) groups is 1. The van der Waals surface area contributed by atoms with Crippen molar-refractivity contribution in [2.75, 3.05) is 23.9 Å². The Morgan fingerprint density at radius 3 is 2.50 bits per heavy atom. The van der Waals surface area contributed by atoms with Gasteiger partial charge in [0.1, 0.15) is 17.5 Å². The molecular formula is C13H22N4S. The van der Waals surface area contributed by atoms with Crippen molar-refractivity contribution < 1.29 is 0 Å². The third kappa shape index (κ3) is 2.88. The molecule has 0 spiro atoms. The molecule has 1 heterocycles. The molecule has 1 aliphatic carbocycles. The van der Waals surface area contributed by atoms with Gasteiger partial charge in [0.2, 0.25) is 0 Å². The number of aryl methyl sites for hydroxylation is 1. The molecule has 1 fully saturated rings. The molecular weight excluding hydrogens is 244 g/mol. The first-order valence-electron chi connectivity index (χ1n) is 6.46. The lowest BCUT2D eigenvalue weighted by atomic mass is 10.2. The van der Waals surface area contributed by atoms with E-state index in [1.165, 1.54) is 19.3 Å². The van der Waals surface area contributed by atoms with Gasteiger partial charge < -0.3 is 10.6 Å². The van der Waals surface area contributed by atoms with Crippen molar-refractivity contribution in [2.45, 2.75) is 44.4 Å². The summed E-state index contributed by atoms with van der Waals surface area (Å²) in [7, 11) is 1.90. The number of nitrogens with zero attached hydrogens (tertiary/aromatic N) is 2. The summed E-state index contributed by atoms with van der Waals surface area (Å²) >= 11 is 1.98. The minimum Gasteiger partial charge on any atom is -0.373 e. The Morgan fingerprint density at radius 2 is 1.89 bits per heavy atom. The standard InChI is InChI=1S/C13H22N4S/c1-8-12(14-3)15-9(2)16-13(8)17-10-5-6-11(7-10)18-4/h10-11H,5-7H2,1-4H3,(H2,14,15,16,17). The summed E-state index contributed by atoms with van der Waals surface area (Å²) < 4.78 is 0. The Bertz CT molecular complexity index is 422. The number of anilines is 2. The van der Waals surface area contributed by atoms with Crippen LogP contribution in [0.4, 0.5) is 11.6 Å². The van der Waals surface area contributed by atoms with Crippen molar-refractivity contribution in [3.8, 4) is 0 Å². The van der Waals surface area contributed by atoms with Gasteiger partial charge in [-0.2, -0.15) is 11.8 Å². The van der Waals surface area contributed by atoms with Crippen molar-refractivity contribution in [3.05, 3.63) is 11.4 Å². The molecule has 100 valence electrons. The van der Waals surface area contributed by atoms with Crippen LogP contribution in [0.25, 0.3) is 0 Å². The average Bonchev–Trinajstić information content (AvgIpc) is 2.81. The van der Waals surface area contributed by atoms with E-state index in [0.717, 1.165) is 28.3 Å². The fraction of sp³-hybridized carbons (Fsp3) is 0.692. The summed E-state index contributed by atoms with van der Waals surface area (Å²) in [6.07, 6.45) is 5.98. The fourth-order valence-corrected chi connectivity index (χ4v) is 3.29. The van der Waals surface area contributed by atoms with E-state index in [1.807, 2.05) is 25.7 Å². The topological polar surface area (TPSA) is 49.8 Å². The molecule has 2 atom stereocenters. The molecule has 4 nitrogen and oxygen atoms in total. The van der Waals surface area contributed by atoms with Crippen LogP contribution in [0.2, 0.25) is 0 Å². The molecule has 2 rings (SSSR count). The van der Waals surface area contributed by atoms with Gasteiger partial charge in [-0.05, 0) is 39.4 Å². The van der Waals surface area contributed by atoms with E-state index < -0.39 is 0 Å². The first kappa shape index (κ1) is 13.5. The van der Waals surface area contributed by atoms with Gasteiger partial charge in [0, 0.05) is 23.9 Å². The summed E-state index contributed by atoms with van der Waals surface area (Å²) in [5, 5.41) is 7.51. The van der Waals surface area contributed by atoms with Crippen LogP contribution in [-0.2, 0) is 0 Å². The van der Waals surface area contributed by atoms with Crippen LogP contribution in [0.3, 0.4) is 0 Å². The highest BCUT2D eigenvalue weighted by Gasteiger charge is 2.24. The SMILES string of the molecule is CNc1nc(C)nc(NC2CCC(SC)C2)c1C. The second-order valence-electron chi connectivity index (χ2n) is 4.86. The lowest BCUT2D eigenvalue weighted by molar-refractivity contribution is 0.748. The Hall–Kier alpha value is -0.970. The van der Waals surface area contributed by atoms with Crippen molar-refractivity contribution >= 4 is 23.4 Å². The monoisotopic (exact) mass is 266 g/mol. The summed E-state index contributed by atoms with van der Waals surface area (Å²) in [6.45, 7) is 4.00. The predicted molar refractivity (Wildman–Crippen MR) is 79.6 cm³/mol. The molecule has 1 aliphatic rings. The highest BCUT2D eigenvalue weighted by Crippen LogP contribution is 2.31. The van der Waals surface area contributed by atoms with Gasteiger partial charge in [-0.15, -0.1) is 0 Å². The number of hydrogen-bond donors (Lipinski definition) is 2. The van der Waals surface area contributed by atoms with Crippen molar-refractivity contribution in [2.24, 2.45) is 0 Å². The lowest BCUT2D eigenvalue weighted by Gasteiger charge is -2.17. The van der Waals surface area contributed by atoms with Gasteiger partial charge in [0.25, 0.3) is 0 Å². The molecule has 1 aromatic rings. The zero-order chi connectivity index (χ0) is 13.1. The first-order valence-corrected chi connectivity index (χ1v) is 7.75. The zero-order valence-corrected chi connectivity index (χ0v) is 12.4. The Balaban J connectivity index is 2.12. The van der Waals surface area contributed by atoms with Crippen LogP contribution in [0, 0.1) is 13.8 Å². The Morgan fingerprint density at radius 1 is 1.17 bits per heavy atom. The average molecular weight is 266 g/mol. The number of aromatic nitrogens is 2. The summed E-state index contributed by atoms with van der Waals surface area (Å²) in [6, 6.07) is 0.556. The number of rotatable bonds is 4. The van der Waals surface area contributed by atoms with Crippen LogP contribution in [-0.4, -0.2) is 34.6 Å². The predicted octanol–water partition coefficient (Wildman–Crippen LogP) is 2.83. The summed E-state index contributed by atoms with van der Waals surface area (Å²) in [5.41, 5.74) is 1.11. The molecule has 2 N–H and O–H groups in total. The van der Waals surface area contributed by atoms with Crippen LogP contribution in [0.1, 0.15) is 30.7 Å². The first-order chi connectivity index (χ1) is 8.63. The molecule has 18 heavy (non-hydrogen) atoms. The normalized spacial score (nSPS) is 23.1. The van der Waals surface area contributed by atoms with Crippen molar-refractivity contribution in [1.29, 1.82) is 0 Å². The molecule has 0 aliphatic heterocycles. The molecule has 0 saturated heterocycles. The number of hydrogen-bond acceptors (Lipinski definition) is 5. The zero-order valence-electron chi connectivity index (χ0n) is 11.6. The van der Waals surface area contributed by atoms with E-state index >= 15 is 0 Å². The molecule has 2 unspecified atom stereocenters. The highest BCUT2D eigenvalue weighted by atomic mass is 32.2. The number of nitrogens with one attached hydrogen (secondary N) is 2. The van der Waals surface area contributed by atoms with Gasteiger partial charge in [0.15, 0.2) is 0 Å². The minimum atomic E-state index is 0.556. The molecule has 0 aromatic carbocycles. The Labute approximate surface area is 113 Å². The molecule has 0 bridgehead atoms. The molecule has 0 radical (unpaired) electrons. The summed E-state index contributed by atoms with van der Waals surface area (Å²) in [4.78, 5) is 8.92. The maximum Gasteiger partial charge on any atom is 0.134 e. The van der Waals surface area contributed by atoms with E-state index in [2.05, 4.69) is 33.8 Å². The van der Waals surface area contributed by atoms with Crippen molar-refractivity contribution in [1.82, 2.24) is 9.97 Å². The van der Waals surface area contributed by atoms with Gasteiger partial charge in [-0.25, -0.2) is 9.97 Å². The van der Waals surface area contributed by atoms with Crippen LogP contribution >= 0.6 is 11.8 Å². The maximum absolute atomic E-state index is 4.53. The third-order valence-electron chi connectivity index (χ3n) is 3.55. The van der Waals surface area contributed by atoms with Crippen molar-refractivity contribution in [3.63, 3.8) is 0 Å².